The Kier molecular flexibility index (Phi) is 8.34. The van der Waals surface area contributed by atoms with Crippen LogP contribution in [0.3, 0.4) is 0 Å². The lowest BCUT2D eigenvalue weighted by Gasteiger charge is -2.43. The number of aryl methyl sites for hydroxylation is 2. The molecule has 0 bridgehead atoms. The van der Waals surface area contributed by atoms with Crippen LogP contribution in [0.5, 0.6) is 0 Å². The van der Waals surface area contributed by atoms with Crippen molar-refractivity contribution in [3.8, 4) is 0 Å². The fourth-order valence-electron chi connectivity index (χ4n) is 5.74. The molecule has 1 aromatic heterocycles. The molecular formula is C29H28F6N4O3S. The fraction of sp³-hybridized carbons (Fsp3) is 0.414. The Labute approximate surface area is 247 Å². The van der Waals surface area contributed by atoms with Crippen molar-refractivity contribution in [2.75, 3.05) is 16.8 Å². The Bertz CT molecular complexity index is 1480. The minimum Gasteiger partial charge on any atom is -0.449 e. The Morgan fingerprint density at radius 1 is 1.05 bits per heavy atom. The summed E-state index contributed by atoms with van der Waals surface area (Å²) in [6, 6.07) is 3.00. The Hall–Kier alpha value is -3.81. The van der Waals surface area contributed by atoms with E-state index in [1.165, 1.54) is 16.0 Å². The van der Waals surface area contributed by atoms with Crippen LogP contribution in [0.4, 0.5) is 46.8 Å². The minimum absolute atomic E-state index is 0.0575. The quantitative estimate of drug-likeness (QED) is 0.290. The van der Waals surface area contributed by atoms with Crippen molar-refractivity contribution in [2.45, 2.75) is 70.5 Å². The highest BCUT2D eigenvalue weighted by Crippen LogP contribution is 2.45. The Balaban J connectivity index is 1.63. The van der Waals surface area contributed by atoms with Crippen LogP contribution in [-0.4, -0.2) is 34.7 Å². The van der Waals surface area contributed by atoms with Crippen LogP contribution in [0, 0.1) is 0 Å². The molecule has 2 atom stereocenters. The maximum Gasteiger partial charge on any atom is 0.416 e. The Morgan fingerprint density at radius 3 is 2.28 bits per heavy atom. The van der Waals surface area contributed by atoms with Gasteiger partial charge in [-0.1, -0.05) is 6.07 Å². The van der Waals surface area contributed by atoms with Gasteiger partial charge in [0, 0.05) is 24.2 Å². The van der Waals surface area contributed by atoms with E-state index in [-0.39, 0.29) is 29.8 Å². The molecule has 0 saturated heterocycles. The average Bonchev–Trinajstić information content (AvgIpc) is 3.61. The van der Waals surface area contributed by atoms with Crippen LogP contribution in [-0.2, 0) is 36.5 Å². The van der Waals surface area contributed by atoms with Crippen LogP contribution >= 0.6 is 11.3 Å². The smallest absolute Gasteiger partial charge is 0.416 e. The van der Waals surface area contributed by atoms with E-state index in [1.807, 2.05) is 12.1 Å². The van der Waals surface area contributed by atoms with Crippen molar-refractivity contribution in [1.82, 2.24) is 9.88 Å². The molecule has 1 aliphatic carbocycles. The Morgan fingerprint density at radius 2 is 1.70 bits per heavy atom. The molecule has 230 valence electrons. The second-order valence-corrected chi connectivity index (χ2v) is 11.4. The van der Waals surface area contributed by atoms with E-state index in [9.17, 15) is 35.9 Å². The summed E-state index contributed by atoms with van der Waals surface area (Å²) in [5.41, 5.74) is -0.186. The van der Waals surface area contributed by atoms with Crippen LogP contribution in [0.25, 0.3) is 0 Å². The van der Waals surface area contributed by atoms with E-state index in [4.69, 9.17) is 4.74 Å². The lowest BCUT2D eigenvalue weighted by Crippen LogP contribution is -2.48. The normalized spacial score (nSPS) is 18.2. The number of aromatic nitrogens is 1. The molecular weight excluding hydrogens is 598 g/mol. The van der Waals surface area contributed by atoms with Gasteiger partial charge in [0.1, 0.15) is 0 Å². The van der Waals surface area contributed by atoms with Gasteiger partial charge in [0.05, 0.1) is 29.5 Å². The van der Waals surface area contributed by atoms with Gasteiger partial charge in [-0.25, -0.2) is 14.6 Å². The minimum atomic E-state index is -5.05. The molecule has 2 aliphatic rings. The molecule has 1 N–H and O–H groups in total. The molecule has 14 heteroatoms. The molecule has 5 rings (SSSR count). The van der Waals surface area contributed by atoms with Gasteiger partial charge < -0.3 is 9.64 Å². The van der Waals surface area contributed by atoms with Crippen LogP contribution in [0.1, 0.15) is 66.1 Å². The van der Waals surface area contributed by atoms with Gasteiger partial charge in [-0.2, -0.15) is 26.3 Å². The number of anilines is 2. The molecule has 3 amide bonds. The number of hydrogen-bond acceptors (Lipinski definition) is 5. The number of amides is 3. The molecule has 0 radical (unpaired) electrons. The standard InChI is InChI=1S/C29H28F6N4O3S/c1-3-42-27(41)39-16(2)9-23(22-12-18-5-4-6-19(18)13-24(22)39)38(26(40)37-25-36-7-8-43-25)15-17-10-20(28(30,31)32)14-21(11-17)29(33,34)35/h7-8,10-14,16,23H,3-6,9,15H2,1-2H3,(H,36,37,40)/t16-,23+/m1/s1. The summed E-state index contributed by atoms with van der Waals surface area (Å²) in [7, 11) is 0. The van der Waals surface area contributed by atoms with Gasteiger partial charge in [0.25, 0.3) is 0 Å². The van der Waals surface area contributed by atoms with Gasteiger partial charge in [0.2, 0.25) is 0 Å². The van der Waals surface area contributed by atoms with Crippen molar-refractivity contribution >= 4 is 34.3 Å². The van der Waals surface area contributed by atoms with Crippen LogP contribution in [0.15, 0.2) is 41.9 Å². The summed E-state index contributed by atoms with van der Waals surface area (Å²) in [6.07, 6.45) is -6.63. The van der Waals surface area contributed by atoms with Gasteiger partial charge in [0.15, 0.2) is 5.13 Å². The molecule has 1 aliphatic heterocycles. The summed E-state index contributed by atoms with van der Waals surface area (Å²) in [6.45, 7) is 2.99. The SMILES string of the molecule is CCOC(=O)N1c2cc3c(cc2[C@@H](N(Cc2cc(C(F)(F)F)cc(C(F)(F)F)c2)C(=O)Nc2nccs2)C[C@H]1C)CCC3. The van der Waals surface area contributed by atoms with Gasteiger partial charge >= 0.3 is 24.5 Å². The summed E-state index contributed by atoms with van der Waals surface area (Å²) in [5.74, 6) is 0. The monoisotopic (exact) mass is 626 g/mol. The largest absolute Gasteiger partial charge is 0.449 e. The van der Waals surface area contributed by atoms with E-state index in [2.05, 4.69) is 10.3 Å². The number of benzene rings is 2. The first kappa shape index (κ1) is 30.6. The molecule has 0 saturated carbocycles. The molecule has 2 heterocycles. The number of nitrogens with one attached hydrogen (secondary N) is 1. The predicted octanol–water partition coefficient (Wildman–Crippen LogP) is 8.20. The maximum atomic E-state index is 13.8. The number of thiazole rings is 1. The number of carbonyl (C=O) groups is 2. The third kappa shape index (κ3) is 6.43. The number of hydrogen-bond donors (Lipinski definition) is 1. The first-order valence-electron chi connectivity index (χ1n) is 13.6. The zero-order valence-corrected chi connectivity index (χ0v) is 24.0. The van der Waals surface area contributed by atoms with Crippen LogP contribution in [0.2, 0.25) is 0 Å². The van der Waals surface area contributed by atoms with Crippen LogP contribution < -0.4 is 10.2 Å². The van der Waals surface area contributed by atoms with E-state index in [0.717, 1.165) is 41.7 Å². The predicted molar refractivity (Wildman–Crippen MR) is 148 cm³/mol. The molecule has 0 unspecified atom stereocenters. The summed E-state index contributed by atoms with van der Waals surface area (Å²) >= 11 is 1.11. The van der Waals surface area contributed by atoms with Crippen molar-refractivity contribution in [3.63, 3.8) is 0 Å². The highest BCUT2D eigenvalue weighted by Gasteiger charge is 2.41. The van der Waals surface area contributed by atoms with E-state index < -0.39 is 54.2 Å². The lowest BCUT2D eigenvalue weighted by atomic mass is 9.88. The highest BCUT2D eigenvalue weighted by atomic mass is 32.1. The first-order valence-corrected chi connectivity index (χ1v) is 14.5. The summed E-state index contributed by atoms with van der Waals surface area (Å²) in [4.78, 5) is 33.6. The van der Waals surface area contributed by atoms with Gasteiger partial charge in [-0.3, -0.25) is 10.2 Å². The highest BCUT2D eigenvalue weighted by molar-refractivity contribution is 7.13. The molecule has 7 nitrogen and oxygen atoms in total. The van der Waals surface area contributed by atoms with Crippen molar-refractivity contribution in [3.05, 3.63) is 75.3 Å². The zero-order chi connectivity index (χ0) is 31.1. The maximum absolute atomic E-state index is 13.8. The van der Waals surface area contributed by atoms with E-state index in [1.54, 1.807) is 19.2 Å². The molecule has 43 heavy (non-hydrogen) atoms. The number of nitrogens with zero attached hydrogens (tertiary/aromatic N) is 3. The molecule has 2 aromatic carbocycles. The van der Waals surface area contributed by atoms with Crippen molar-refractivity contribution < 1.29 is 40.7 Å². The topological polar surface area (TPSA) is 74.8 Å². The lowest BCUT2D eigenvalue weighted by molar-refractivity contribution is -0.143. The summed E-state index contributed by atoms with van der Waals surface area (Å²) in [5, 5.41) is 4.45. The number of fused-ring (bicyclic) bond motifs is 2. The van der Waals surface area contributed by atoms with E-state index >= 15 is 0 Å². The first-order chi connectivity index (χ1) is 20.3. The zero-order valence-electron chi connectivity index (χ0n) is 23.2. The van der Waals surface area contributed by atoms with Gasteiger partial charge in [-0.15, -0.1) is 11.3 Å². The van der Waals surface area contributed by atoms with Gasteiger partial charge in [-0.05, 0) is 86.1 Å². The fourth-order valence-corrected chi connectivity index (χ4v) is 6.26. The number of ether oxygens (including phenoxy) is 1. The molecule has 0 fully saturated rings. The average molecular weight is 627 g/mol. The third-order valence-electron chi connectivity index (χ3n) is 7.61. The third-order valence-corrected chi connectivity index (χ3v) is 8.30. The second-order valence-electron chi connectivity index (χ2n) is 10.5. The number of carbonyl (C=O) groups excluding carboxylic acids is 2. The number of rotatable bonds is 5. The molecule has 0 spiro atoms. The number of alkyl halides is 6. The second kappa shape index (κ2) is 11.7. The number of urea groups is 1. The summed E-state index contributed by atoms with van der Waals surface area (Å²) < 4.78 is 87.4. The number of halogens is 6. The molecule has 3 aromatic rings. The van der Waals surface area contributed by atoms with E-state index in [0.29, 0.717) is 23.4 Å². The van der Waals surface area contributed by atoms with Crippen molar-refractivity contribution in [2.24, 2.45) is 0 Å². The van der Waals surface area contributed by atoms with Crippen molar-refractivity contribution in [1.29, 1.82) is 0 Å².